The fraction of sp³-hybridized carbons (Fsp3) is 0.619. The topological polar surface area (TPSA) is 94.7 Å². The first-order valence-corrected chi connectivity index (χ1v) is 12.0. The van der Waals surface area contributed by atoms with E-state index < -0.39 is 15.6 Å². The van der Waals surface area contributed by atoms with Gasteiger partial charge in [0.05, 0.1) is 37.1 Å². The number of aryl methyl sites for hydroxylation is 2. The van der Waals surface area contributed by atoms with Crippen LogP contribution >= 0.6 is 0 Å². The van der Waals surface area contributed by atoms with Crippen LogP contribution < -0.4 is 10.2 Å². The quantitative estimate of drug-likeness (QED) is 0.706. The Morgan fingerprint density at radius 2 is 1.83 bits per heavy atom. The van der Waals surface area contributed by atoms with Crippen LogP contribution in [0.2, 0.25) is 0 Å². The molecular weight excluding hydrogens is 388 g/mol. The van der Waals surface area contributed by atoms with Gasteiger partial charge in [0.1, 0.15) is 5.54 Å². The van der Waals surface area contributed by atoms with E-state index in [1.54, 1.807) is 10.4 Å². The van der Waals surface area contributed by atoms with Crippen molar-refractivity contribution in [2.24, 2.45) is 0 Å². The van der Waals surface area contributed by atoms with Crippen molar-refractivity contribution in [3.63, 3.8) is 0 Å². The van der Waals surface area contributed by atoms with Gasteiger partial charge >= 0.3 is 0 Å². The van der Waals surface area contributed by atoms with Gasteiger partial charge in [-0.05, 0) is 68.2 Å². The smallest absolute Gasteiger partial charge is 0.276 e. The number of hydrogen-bond acceptors (Lipinski definition) is 4. The lowest BCUT2D eigenvalue weighted by Gasteiger charge is -2.32. The molecule has 1 aromatic rings. The standard InChI is InChI=1S/C21H28N4O3S/c22-16-21(8-1-2-9-21)23-20(26)15-24-10-12-25(13-11-24)29(27,28)19-7-6-17-4-3-5-18(17)14-19/h6-7,14H,1-5,8-13,15H2,(H,23,26)/p+1. The molecule has 8 heteroatoms. The number of piperazine rings is 1. The van der Waals surface area contributed by atoms with Crippen molar-refractivity contribution in [3.05, 3.63) is 29.3 Å². The maximum atomic E-state index is 13.0. The third kappa shape index (κ3) is 4.18. The minimum atomic E-state index is -3.49. The van der Waals surface area contributed by atoms with E-state index in [9.17, 15) is 18.5 Å². The third-order valence-corrected chi connectivity index (χ3v) is 8.49. The Hall–Kier alpha value is -1.95. The molecule has 3 aliphatic rings. The Morgan fingerprint density at radius 3 is 2.52 bits per heavy atom. The fourth-order valence-corrected chi connectivity index (χ4v) is 6.35. The minimum absolute atomic E-state index is 0.113. The van der Waals surface area contributed by atoms with Crippen LogP contribution in [-0.2, 0) is 27.7 Å². The number of fused-ring (bicyclic) bond motifs is 1. The summed E-state index contributed by atoms with van der Waals surface area (Å²) in [6.45, 7) is 2.29. The van der Waals surface area contributed by atoms with E-state index in [2.05, 4.69) is 11.4 Å². The zero-order chi connectivity index (χ0) is 20.5. The van der Waals surface area contributed by atoms with Crippen LogP contribution in [0.4, 0.5) is 0 Å². The Morgan fingerprint density at radius 1 is 1.14 bits per heavy atom. The second kappa shape index (κ2) is 8.05. The summed E-state index contributed by atoms with van der Waals surface area (Å²) in [7, 11) is -3.49. The summed E-state index contributed by atoms with van der Waals surface area (Å²) in [5.74, 6) is -0.113. The van der Waals surface area contributed by atoms with Gasteiger partial charge in [-0.3, -0.25) is 4.79 Å². The molecule has 156 valence electrons. The van der Waals surface area contributed by atoms with Gasteiger partial charge in [-0.1, -0.05) is 6.07 Å². The Kier molecular flexibility index (Phi) is 5.65. The van der Waals surface area contributed by atoms with Crippen LogP contribution in [0.25, 0.3) is 0 Å². The summed E-state index contributed by atoms with van der Waals surface area (Å²) < 4.78 is 27.6. The number of quaternary nitrogens is 1. The summed E-state index contributed by atoms with van der Waals surface area (Å²) in [5.41, 5.74) is 1.72. The molecule has 29 heavy (non-hydrogen) atoms. The Labute approximate surface area is 172 Å². The van der Waals surface area contributed by atoms with E-state index in [1.165, 1.54) is 5.56 Å². The summed E-state index contributed by atoms with van der Waals surface area (Å²) in [4.78, 5) is 13.9. The van der Waals surface area contributed by atoms with Crippen LogP contribution in [0.15, 0.2) is 23.1 Å². The SMILES string of the molecule is N#CC1(NC(=O)C[NH+]2CCN(S(=O)(=O)c3ccc4c(c3)CCC4)CC2)CCCC1. The zero-order valence-corrected chi connectivity index (χ0v) is 17.6. The van der Waals surface area contributed by atoms with Crippen LogP contribution in [0.5, 0.6) is 0 Å². The number of rotatable bonds is 5. The highest BCUT2D eigenvalue weighted by Crippen LogP contribution is 2.29. The molecule has 1 saturated carbocycles. The van der Waals surface area contributed by atoms with Gasteiger partial charge in [0, 0.05) is 0 Å². The van der Waals surface area contributed by atoms with E-state index in [0.29, 0.717) is 31.1 Å². The van der Waals surface area contributed by atoms with Gasteiger partial charge in [-0.2, -0.15) is 9.57 Å². The number of nitrogens with one attached hydrogen (secondary N) is 2. The molecule has 0 bridgehead atoms. The van der Waals surface area contributed by atoms with Crippen LogP contribution in [0.1, 0.15) is 43.2 Å². The lowest BCUT2D eigenvalue weighted by Crippen LogP contribution is -3.16. The molecule has 2 aliphatic carbocycles. The van der Waals surface area contributed by atoms with Gasteiger partial charge in [0.25, 0.3) is 5.91 Å². The van der Waals surface area contributed by atoms with E-state index in [4.69, 9.17) is 0 Å². The zero-order valence-electron chi connectivity index (χ0n) is 16.7. The first-order chi connectivity index (χ1) is 13.9. The highest BCUT2D eigenvalue weighted by molar-refractivity contribution is 7.89. The summed E-state index contributed by atoms with van der Waals surface area (Å²) >= 11 is 0. The first kappa shape index (κ1) is 20.3. The number of benzene rings is 1. The molecule has 1 saturated heterocycles. The molecule has 2 N–H and O–H groups in total. The predicted octanol–water partition coefficient (Wildman–Crippen LogP) is 0.0171. The molecule has 0 radical (unpaired) electrons. The van der Waals surface area contributed by atoms with E-state index >= 15 is 0 Å². The molecule has 1 amide bonds. The predicted molar refractivity (Wildman–Crippen MR) is 108 cm³/mol. The van der Waals surface area contributed by atoms with Gasteiger partial charge in [0.15, 0.2) is 6.54 Å². The molecule has 0 unspecified atom stereocenters. The van der Waals surface area contributed by atoms with Crippen molar-refractivity contribution in [2.75, 3.05) is 32.7 Å². The number of amides is 1. The maximum Gasteiger partial charge on any atom is 0.276 e. The molecule has 1 aliphatic heterocycles. The van der Waals surface area contributed by atoms with E-state index in [-0.39, 0.29) is 12.5 Å². The number of carbonyl (C=O) groups is 1. The van der Waals surface area contributed by atoms with E-state index in [1.807, 2.05) is 12.1 Å². The maximum absolute atomic E-state index is 13.0. The highest BCUT2D eigenvalue weighted by atomic mass is 32.2. The average molecular weight is 418 g/mol. The second-order valence-electron chi connectivity index (χ2n) is 8.56. The number of hydrogen-bond donors (Lipinski definition) is 2. The minimum Gasteiger partial charge on any atom is -0.333 e. The Balaban J connectivity index is 1.33. The molecule has 1 heterocycles. The van der Waals surface area contributed by atoms with Crippen molar-refractivity contribution < 1.29 is 18.1 Å². The van der Waals surface area contributed by atoms with Crippen LogP contribution in [0, 0.1) is 11.3 Å². The Bertz CT molecular complexity index is 924. The number of nitriles is 1. The van der Waals surface area contributed by atoms with Crippen LogP contribution in [-0.4, -0.2) is 56.9 Å². The summed E-state index contributed by atoms with van der Waals surface area (Å²) in [6.07, 6.45) is 6.47. The normalized spacial score (nSPS) is 22.2. The van der Waals surface area contributed by atoms with E-state index in [0.717, 1.165) is 55.4 Å². The summed E-state index contributed by atoms with van der Waals surface area (Å²) in [6, 6.07) is 7.80. The first-order valence-electron chi connectivity index (χ1n) is 10.6. The van der Waals surface area contributed by atoms with Gasteiger partial charge < -0.3 is 10.2 Å². The third-order valence-electron chi connectivity index (χ3n) is 6.60. The molecule has 7 nitrogen and oxygen atoms in total. The molecule has 4 rings (SSSR count). The molecule has 2 fully saturated rings. The lowest BCUT2D eigenvalue weighted by atomic mass is 10.00. The number of carbonyl (C=O) groups excluding carboxylic acids is 1. The van der Waals surface area contributed by atoms with Crippen molar-refractivity contribution in [1.29, 1.82) is 5.26 Å². The van der Waals surface area contributed by atoms with Gasteiger partial charge in [0.2, 0.25) is 10.0 Å². The molecular formula is C21H29N4O3S+. The van der Waals surface area contributed by atoms with Crippen LogP contribution in [0.3, 0.4) is 0 Å². The fourth-order valence-electron chi connectivity index (χ4n) is 4.86. The number of nitrogens with zero attached hydrogens (tertiary/aromatic N) is 2. The second-order valence-corrected chi connectivity index (χ2v) is 10.5. The molecule has 0 spiro atoms. The van der Waals surface area contributed by atoms with Crippen molar-refractivity contribution in [3.8, 4) is 6.07 Å². The monoisotopic (exact) mass is 417 g/mol. The lowest BCUT2D eigenvalue weighted by molar-refractivity contribution is -0.895. The van der Waals surface area contributed by atoms with Gasteiger partial charge in [-0.25, -0.2) is 8.42 Å². The largest absolute Gasteiger partial charge is 0.333 e. The summed E-state index contributed by atoms with van der Waals surface area (Å²) in [5, 5.41) is 12.3. The van der Waals surface area contributed by atoms with Crippen molar-refractivity contribution in [1.82, 2.24) is 9.62 Å². The highest BCUT2D eigenvalue weighted by Gasteiger charge is 2.37. The molecule has 1 aromatic carbocycles. The molecule has 0 aromatic heterocycles. The molecule has 0 atom stereocenters. The average Bonchev–Trinajstić information content (AvgIpc) is 3.37. The number of sulfonamides is 1. The van der Waals surface area contributed by atoms with Crippen molar-refractivity contribution >= 4 is 15.9 Å². The van der Waals surface area contributed by atoms with Crippen molar-refractivity contribution in [2.45, 2.75) is 55.4 Å². The van der Waals surface area contributed by atoms with Gasteiger partial charge in [-0.15, -0.1) is 0 Å².